The van der Waals surface area contributed by atoms with Gasteiger partial charge in [-0.25, -0.2) is 4.98 Å². The quantitative estimate of drug-likeness (QED) is 0.814. The normalized spacial score (nSPS) is 19.0. The van der Waals surface area contributed by atoms with Crippen LogP contribution in [0.3, 0.4) is 0 Å². The number of hydrogen-bond acceptors (Lipinski definition) is 2. The summed E-state index contributed by atoms with van der Waals surface area (Å²) in [5.74, 6) is 2.85. The highest BCUT2D eigenvalue weighted by atomic mass is 14.9. The molecule has 0 saturated heterocycles. The molecular weight excluding hydrogens is 222 g/mol. The van der Waals surface area contributed by atoms with Crippen LogP contribution in [0, 0.1) is 11.8 Å². The largest absolute Gasteiger partial charge is 0.346 e. The fourth-order valence-corrected chi connectivity index (χ4v) is 3.20. The summed E-state index contributed by atoms with van der Waals surface area (Å²) in [4.78, 5) is 7.85. The van der Waals surface area contributed by atoms with E-state index in [-0.39, 0.29) is 0 Å². The molecular formula is C15H27N3. The zero-order valence-corrected chi connectivity index (χ0v) is 11.6. The number of nitrogens with one attached hydrogen (secondary N) is 1. The van der Waals surface area contributed by atoms with Crippen molar-refractivity contribution in [1.82, 2.24) is 9.97 Å². The molecule has 1 aliphatic carbocycles. The van der Waals surface area contributed by atoms with Crippen LogP contribution in [0.1, 0.15) is 57.0 Å². The summed E-state index contributed by atoms with van der Waals surface area (Å²) >= 11 is 0. The van der Waals surface area contributed by atoms with Gasteiger partial charge in [-0.1, -0.05) is 39.0 Å². The lowest BCUT2D eigenvalue weighted by Gasteiger charge is -2.24. The second-order valence-corrected chi connectivity index (χ2v) is 5.94. The lowest BCUT2D eigenvalue weighted by molar-refractivity contribution is 0.294. The number of nitrogens with two attached hydrogens (primary N) is 1. The Bertz CT molecular complexity index is 339. The fraction of sp³-hybridized carbons (Fsp3) is 0.800. The molecule has 102 valence electrons. The molecule has 1 aliphatic rings. The smallest absolute Gasteiger partial charge is 0.106 e. The maximum absolute atomic E-state index is 5.55. The average Bonchev–Trinajstić information content (AvgIpc) is 2.78. The van der Waals surface area contributed by atoms with Crippen molar-refractivity contribution >= 4 is 0 Å². The van der Waals surface area contributed by atoms with Gasteiger partial charge < -0.3 is 10.7 Å². The summed E-state index contributed by atoms with van der Waals surface area (Å²) in [6.45, 7) is 3.05. The summed E-state index contributed by atoms with van der Waals surface area (Å²) in [5.41, 5.74) is 6.73. The third-order valence-electron chi connectivity index (χ3n) is 4.10. The Kier molecular flexibility index (Phi) is 5.24. The monoisotopic (exact) mass is 249 g/mol. The van der Waals surface area contributed by atoms with Gasteiger partial charge in [-0.2, -0.15) is 0 Å². The Morgan fingerprint density at radius 2 is 2.17 bits per heavy atom. The minimum Gasteiger partial charge on any atom is -0.346 e. The first-order valence-corrected chi connectivity index (χ1v) is 7.50. The highest BCUT2D eigenvalue weighted by Gasteiger charge is 2.17. The first-order chi connectivity index (χ1) is 8.78. The van der Waals surface area contributed by atoms with Crippen LogP contribution in [0.4, 0.5) is 0 Å². The van der Waals surface area contributed by atoms with E-state index in [9.17, 15) is 0 Å². The van der Waals surface area contributed by atoms with E-state index in [1.807, 2.05) is 6.20 Å². The highest BCUT2D eigenvalue weighted by Crippen LogP contribution is 2.29. The lowest BCUT2D eigenvalue weighted by atomic mass is 9.82. The van der Waals surface area contributed by atoms with Crippen molar-refractivity contribution in [1.29, 1.82) is 0 Å². The minimum absolute atomic E-state index is 0.694. The van der Waals surface area contributed by atoms with Gasteiger partial charge in [-0.3, -0.25) is 0 Å². The third-order valence-corrected chi connectivity index (χ3v) is 4.10. The summed E-state index contributed by atoms with van der Waals surface area (Å²) in [6.07, 6.45) is 12.5. The van der Waals surface area contributed by atoms with E-state index in [1.54, 1.807) is 0 Å². The van der Waals surface area contributed by atoms with E-state index >= 15 is 0 Å². The Hall–Kier alpha value is -0.830. The van der Waals surface area contributed by atoms with Gasteiger partial charge in [0.15, 0.2) is 0 Å². The Morgan fingerprint density at radius 1 is 1.39 bits per heavy atom. The maximum atomic E-state index is 5.55. The molecule has 2 rings (SSSR count). The Balaban J connectivity index is 1.76. The van der Waals surface area contributed by atoms with Crippen LogP contribution in [0.5, 0.6) is 0 Å². The van der Waals surface area contributed by atoms with Gasteiger partial charge in [0.1, 0.15) is 5.82 Å². The predicted octanol–water partition coefficient (Wildman–Crippen LogP) is 3.06. The van der Waals surface area contributed by atoms with Crippen molar-refractivity contribution in [2.24, 2.45) is 17.6 Å². The van der Waals surface area contributed by atoms with Gasteiger partial charge >= 0.3 is 0 Å². The predicted molar refractivity (Wildman–Crippen MR) is 75.4 cm³/mol. The molecule has 1 unspecified atom stereocenters. The van der Waals surface area contributed by atoms with Gasteiger partial charge in [0.05, 0.1) is 0 Å². The summed E-state index contributed by atoms with van der Waals surface area (Å²) in [5, 5.41) is 0. The summed E-state index contributed by atoms with van der Waals surface area (Å²) in [7, 11) is 0. The molecule has 1 atom stereocenters. The van der Waals surface area contributed by atoms with Crippen LogP contribution in [-0.2, 0) is 12.8 Å². The van der Waals surface area contributed by atoms with Crippen LogP contribution >= 0.6 is 0 Å². The van der Waals surface area contributed by atoms with Gasteiger partial charge in [-0.05, 0) is 24.8 Å². The molecule has 0 radical (unpaired) electrons. The molecule has 1 saturated carbocycles. The van der Waals surface area contributed by atoms with Gasteiger partial charge in [0.2, 0.25) is 0 Å². The number of aromatic amines is 1. The van der Waals surface area contributed by atoms with E-state index < -0.39 is 0 Å². The number of aromatic nitrogens is 2. The first kappa shape index (κ1) is 13.6. The molecule has 1 aromatic heterocycles. The fourth-order valence-electron chi connectivity index (χ4n) is 3.20. The van der Waals surface area contributed by atoms with E-state index in [1.165, 1.54) is 44.2 Å². The Morgan fingerprint density at radius 3 is 2.89 bits per heavy atom. The second kappa shape index (κ2) is 6.93. The molecule has 3 heteroatoms. The molecule has 0 bridgehead atoms. The van der Waals surface area contributed by atoms with Crippen molar-refractivity contribution in [2.75, 3.05) is 6.54 Å². The second-order valence-electron chi connectivity index (χ2n) is 5.94. The minimum atomic E-state index is 0.694. The van der Waals surface area contributed by atoms with E-state index in [0.717, 1.165) is 30.5 Å². The van der Waals surface area contributed by atoms with Crippen LogP contribution in [-0.4, -0.2) is 16.5 Å². The summed E-state index contributed by atoms with van der Waals surface area (Å²) < 4.78 is 0. The van der Waals surface area contributed by atoms with Crippen LogP contribution in [0.2, 0.25) is 0 Å². The molecule has 0 aromatic carbocycles. The van der Waals surface area contributed by atoms with Gasteiger partial charge in [0.25, 0.3) is 0 Å². The van der Waals surface area contributed by atoms with Crippen LogP contribution in [0.15, 0.2) is 6.20 Å². The van der Waals surface area contributed by atoms with Crippen molar-refractivity contribution in [2.45, 2.75) is 58.3 Å². The zero-order chi connectivity index (χ0) is 12.8. The lowest BCUT2D eigenvalue weighted by Crippen LogP contribution is -2.12. The van der Waals surface area contributed by atoms with Crippen LogP contribution in [0.25, 0.3) is 0 Å². The molecule has 1 heterocycles. The standard InChI is InChI=1S/C15H27N3/c1-12(9-13-5-3-2-4-6-13)10-15-17-11-14(18-15)7-8-16/h11-13H,2-10,16H2,1H3,(H,17,18). The van der Waals surface area contributed by atoms with E-state index in [4.69, 9.17) is 5.73 Å². The number of H-pyrrole nitrogens is 1. The van der Waals surface area contributed by atoms with Gasteiger partial charge in [0, 0.05) is 24.7 Å². The summed E-state index contributed by atoms with van der Waals surface area (Å²) in [6, 6.07) is 0. The van der Waals surface area contributed by atoms with Crippen molar-refractivity contribution < 1.29 is 0 Å². The number of rotatable bonds is 6. The van der Waals surface area contributed by atoms with E-state index in [2.05, 4.69) is 16.9 Å². The topological polar surface area (TPSA) is 54.7 Å². The number of nitrogens with zero attached hydrogens (tertiary/aromatic N) is 1. The molecule has 0 aliphatic heterocycles. The van der Waals surface area contributed by atoms with Crippen molar-refractivity contribution in [3.05, 3.63) is 17.7 Å². The molecule has 1 fully saturated rings. The molecule has 18 heavy (non-hydrogen) atoms. The Labute approximate surface area is 111 Å². The highest BCUT2D eigenvalue weighted by molar-refractivity contribution is 5.02. The van der Waals surface area contributed by atoms with Crippen LogP contribution < -0.4 is 5.73 Å². The molecule has 3 N–H and O–H groups in total. The number of hydrogen-bond donors (Lipinski definition) is 2. The first-order valence-electron chi connectivity index (χ1n) is 7.50. The van der Waals surface area contributed by atoms with Gasteiger partial charge in [-0.15, -0.1) is 0 Å². The van der Waals surface area contributed by atoms with E-state index in [0.29, 0.717) is 6.54 Å². The molecule has 0 spiro atoms. The molecule has 0 amide bonds. The average molecular weight is 249 g/mol. The SMILES string of the molecule is CC(Cc1ncc(CCN)[nH]1)CC1CCCCC1. The zero-order valence-electron chi connectivity index (χ0n) is 11.6. The molecule has 1 aromatic rings. The maximum Gasteiger partial charge on any atom is 0.106 e. The van der Waals surface area contributed by atoms with Crippen molar-refractivity contribution in [3.63, 3.8) is 0 Å². The number of imidazole rings is 1. The molecule has 3 nitrogen and oxygen atoms in total. The van der Waals surface area contributed by atoms with Crippen molar-refractivity contribution in [3.8, 4) is 0 Å². The third kappa shape index (κ3) is 4.13.